The first-order valence-corrected chi connectivity index (χ1v) is 7.38. The second-order valence-electron chi connectivity index (χ2n) is 6.01. The maximum Gasteiger partial charge on any atom is 0.230 e. The van der Waals surface area contributed by atoms with Crippen molar-refractivity contribution in [3.63, 3.8) is 0 Å². The smallest absolute Gasteiger partial charge is 0.230 e. The zero-order valence-corrected chi connectivity index (χ0v) is 11.4. The van der Waals surface area contributed by atoms with Crippen LogP contribution < -0.4 is 5.32 Å². The summed E-state index contributed by atoms with van der Waals surface area (Å²) in [6.45, 7) is 0. The summed E-state index contributed by atoms with van der Waals surface area (Å²) in [5, 5.41) is 3.04. The number of carbonyl (C=O) groups excluding carboxylic acids is 1. The van der Waals surface area contributed by atoms with Gasteiger partial charge in [-0.15, -0.1) is 0 Å². The quantitative estimate of drug-likeness (QED) is 0.902. The third kappa shape index (κ3) is 2.21. The molecule has 2 aliphatic rings. The molecule has 0 atom stereocenters. The summed E-state index contributed by atoms with van der Waals surface area (Å²) in [5.74, 6) is -1.28. The zero-order valence-electron chi connectivity index (χ0n) is 11.4. The topological polar surface area (TPSA) is 29.1 Å². The van der Waals surface area contributed by atoms with Gasteiger partial charge in [0.2, 0.25) is 5.91 Å². The number of amides is 1. The number of halogens is 2. The Bertz CT molecular complexity index is 519. The van der Waals surface area contributed by atoms with Crippen molar-refractivity contribution in [2.24, 2.45) is 0 Å². The van der Waals surface area contributed by atoms with Crippen molar-refractivity contribution < 1.29 is 13.6 Å². The van der Waals surface area contributed by atoms with Gasteiger partial charge in [-0.2, -0.15) is 0 Å². The highest BCUT2D eigenvalue weighted by atomic mass is 19.1. The second-order valence-corrected chi connectivity index (χ2v) is 6.01. The van der Waals surface area contributed by atoms with Crippen molar-refractivity contribution in [1.82, 2.24) is 5.32 Å². The molecule has 4 heteroatoms. The van der Waals surface area contributed by atoms with Gasteiger partial charge in [0.05, 0.1) is 5.41 Å². The van der Waals surface area contributed by atoms with Crippen LogP contribution in [0.15, 0.2) is 18.2 Å². The van der Waals surface area contributed by atoms with Gasteiger partial charge in [-0.25, -0.2) is 8.78 Å². The summed E-state index contributed by atoms with van der Waals surface area (Å²) in [5.41, 5.74) is -0.443. The molecule has 0 heterocycles. The van der Waals surface area contributed by atoms with Crippen LogP contribution in [0.2, 0.25) is 0 Å². The minimum Gasteiger partial charge on any atom is -0.353 e. The predicted molar refractivity (Wildman–Crippen MR) is 72.3 cm³/mol. The zero-order chi connectivity index (χ0) is 14.2. The van der Waals surface area contributed by atoms with Crippen molar-refractivity contribution >= 4 is 5.91 Å². The lowest BCUT2D eigenvalue weighted by molar-refractivity contribution is -0.128. The van der Waals surface area contributed by atoms with E-state index in [1.54, 1.807) is 0 Å². The number of carbonyl (C=O) groups is 1. The molecule has 2 saturated carbocycles. The number of hydrogen-bond donors (Lipinski definition) is 1. The lowest BCUT2D eigenvalue weighted by Crippen LogP contribution is -2.49. The van der Waals surface area contributed by atoms with E-state index in [0.717, 1.165) is 38.2 Å². The predicted octanol–water partition coefficient (Wildman–Crippen LogP) is 3.45. The van der Waals surface area contributed by atoms with Crippen LogP contribution in [0.1, 0.15) is 50.5 Å². The van der Waals surface area contributed by atoms with Crippen LogP contribution in [-0.4, -0.2) is 11.9 Å². The molecule has 2 fully saturated rings. The maximum atomic E-state index is 14.1. The van der Waals surface area contributed by atoms with Crippen molar-refractivity contribution in [1.29, 1.82) is 0 Å². The summed E-state index contributed by atoms with van der Waals surface area (Å²) in [6.07, 6.45) is 6.27. The molecule has 3 rings (SSSR count). The van der Waals surface area contributed by atoms with Crippen LogP contribution in [0.25, 0.3) is 0 Å². The number of hydrogen-bond acceptors (Lipinski definition) is 1. The molecule has 0 radical (unpaired) electrons. The minimum absolute atomic E-state index is 0.0785. The molecule has 20 heavy (non-hydrogen) atoms. The van der Waals surface area contributed by atoms with Crippen LogP contribution in [-0.2, 0) is 10.2 Å². The Labute approximate surface area is 117 Å². The first-order chi connectivity index (χ1) is 9.62. The summed E-state index contributed by atoms with van der Waals surface area (Å²) < 4.78 is 27.2. The number of nitrogens with one attached hydrogen (secondary N) is 1. The maximum absolute atomic E-state index is 14.1. The van der Waals surface area contributed by atoms with Gasteiger partial charge in [-0.1, -0.05) is 18.9 Å². The van der Waals surface area contributed by atoms with Crippen LogP contribution in [0.3, 0.4) is 0 Å². The fraction of sp³-hybridized carbons (Fsp3) is 0.562. The minimum atomic E-state index is -0.798. The molecule has 2 aliphatic carbocycles. The summed E-state index contributed by atoms with van der Waals surface area (Å²) in [4.78, 5) is 12.6. The lowest BCUT2D eigenvalue weighted by atomic mass is 9.77. The molecule has 108 valence electrons. The van der Waals surface area contributed by atoms with Crippen molar-refractivity contribution in [2.75, 3.05) is 0 Å². The Kier molecular flexibility index (Phi) is 3.48. The Hall–Kier alpha value is -1.45. The van der Waals surface area contributed by atoms with Crippen LogP contribution >= 0.6 is 0 Å². The van der Waals surface area contributed by atoms with Gasteiger partial charge in [0.15, 0.2) is 0 Å². The normalized spacial score (nSPS) is 21.5. The molecule has 1 N–H and O–H groups in total. The molecule has 0 bridgehead atoms. The van der Waals surface area contributed by atoms with Gasteiger partial charge in [0, 0.05) is 17.7 Å². The van der Waals surface area contributed by atoms with Crippen molar-refractivity contribution in [3.05, 3.63) is 35.4 Å². The van der Waals surface area contributed by atoms with Crippen molar-refractivity contribution in [2.45, 2.75) is 56.4 Å². The lowest BCUT2D eigenvalue weighted by Gasteiger charge is -2.34. The van der Waals surface area contributed by atoms with Crippen LogP contribution in [0.4, 0.5) is 8.78 Å². The molecule has 0 spiro atoms. The Morgan fingerprint density at radius 2 is 1.85 bits per heavy atom. The summed E-state index contributed by atoms with van der Waals surface area (Å²) in [7, 11) is 0. The Morgan fingerprint density at radius 3 is 2.40 bits per heavy atom. The highest BCUT2D eigenvalue weighted by Gasteiger charge is 2.45. The van der Waals surface area contributed by atoms with Crippen LogP contribution in [0, 0.1) is 11.6 Å². The van der Waals surface area contributed by atoms with E-state index in [2.05, 4.69) is 5.32 Å². The van der Waals surface area contributed by atoms with Gasteiger partial charge in [0.25, 0.3) is 0 Å². The standard InChI is InChI=1S/C16H19F2NO/c17-11-6-7-13(14(18)10-11)16(8-1-2-9-16)15(20)19-12-4-3-5-12/h6-7,10,12H,1-5,8-9H2,(H,19,20). The van der Waals surface area contributed by atoms with E-state index in [1.165, 1.54) is 12.1 Å². The number of benzene rings is 1. The van der Waals surface area contributed by atoms with E-state index >= 15 is 0 Å². The molecule has 2 nitrogen and oxygen atoms in total. The first kappa shape index (κ1) is 13.5. The van der Waals surface area contributed by atoms with E-state index < -0.39 is 17.0 Å². The highest BCUT2D eigenvalue weighted by molar-refractivity contribution is 5.89. The van der Waals surface area contributed by atoms with Gasteiger partial charge in [-0.05, 0) is 38.2 Å². The molecular weight excluding hydrogens is 260 g/mol. The summed E-state index contributed by atoms with van der Waals surface area (Å²) >= 11 is 0. The molecule has 1 aromatic rings. The average molecular weight is 279 g/mol. The molecule has 1 aromatic carbocycles. The van der Waals surface area contributed by atoms with E-state index in [4.69, 9.17) is 0 Å². The highest BCUT2D eigenvalue weighted by Crippen LogP contribution is 2.43. The Balaban J connectivity index is 1.92. The SMILES string of the molecule is O=C(NC1CCC1)C1(c2ccc(F)cc2F)CCCC1. The molecular formula is C16H19F2NO. The fourth-order valence-corrected chi connectivity index (χ4v) is 3.35. The number of rotatable bonds is 3. The monoisotopic (exact) mass is 279 g/mol. The molecule has 0 aliphatic heterocycles. The van der Waals surface area contributed by atoms with Gasteiger partial charge >= 0.3 is 0 Å². The summed E-state index contributed by atoms with van der Waals surface area (Å²) in [6, 6.07) is 3.81. The first-order valence-electron chi connectivity index (χ1n) is 7.38. The van der Waals surface area contributed by atoms with E-state index in [1.807, 2.05) is 0 Å². The molecule has 0 unspecified atom stereocenters. The van der Waals surface area contributed by atoms with Gasteiger partial charge in [0.1, 0.15) is 11.6 Å². The Morgan fingerprint density at radius 1 is 1.15 bits per heavy atom. The van der Waals surface area contributed by atoms with Gasteiger partial charge < -0.3 is 5.32 Å². The van der Waals surface area contributed by atoms with E-state index in [9.17, 15) is 13.6 Å². The van der Waals surface area contributed by atoms with Crippen molar-refractivity contribution in [3.8, 4) is 0 Å². The third-order valence-electron chi connectivity index (χ3n) is 4.78. The van der Waals surface area contributed by atoms with Gasteiger partial charge in [-0.3, -0.25) is 4.79 Å². The largest absolute Gasteiger partial charge is 0.353 e. The molecule has 0 saturated heterocycles. The van der Waals surface area contributed by atoms with E-state index in [-0.39, 0.29) is 11.9 Å². The fourth-order valence-electron chi connectivity index (χ4n) is 3.35. The average Bonchev–Trinajstić information content (AvgIpc) is 2.84. The third-order valence-corrected chi connectivity index (χ3v) is 4.78. The van der Waals surface area contributed by atoms with E-state index in [0.29, 0.717) is 18.4 Å². The second kappa shape index (κ2) is 5.15. The molecule has 0 aromatic heterocycles. The molecule has 1 amide bonds. The van der Waals surface area contributed by atoms with Crippen LogP contribution in [0.5, 0.6) is 0 Å².